The third kappa shape index (κ3) is 3.76. The maximum Gasteiger partial charge on any atom is 0.310 e. The van der Waals surface area contributed by atoms with Crippen LogP contribution in [0.1, 0.15) is 27.2 Å². The molecule has 1 heterocycles. The highest BCUT2D eigenvalue weighted by molar-refractivity contribution is 9.10. The molecule has 0 saturated carbocycles. The van der Waals surface area contributed by atoms with Gasteiger partial charge in [0, 0.05) is 12.6 Å². The molecule has 0 aliphatic rings. The molecule has 1 aromatic heterocycles. The van der Waals surface area contributed by atoms with E-state index < -0.39 is 11.4 Å². The van der Waals surface area contributed by atoms with Gasteiger partial charge in [0.15, 0.2) is 0 Å². The van der Waals surface area contributed by atoms with Gasteiger partial charge >= 0.3 is 5.97 Å². The topological polar surface area (TPSA) is 79.3 Å². The molecule has 1 unspecified atom stereocenters. The lowest BCUT2D eigenvalue weighted by molar-refractivity contribution is -0.153. The third-order valence-electron chi connectivity index (χ3n) is 3.32. The van der Waals surface area contributed by atoms with Crippen LogP contribution in [-0.2, 0) is 9.59 Å². The molecule has 104 valence electrons. The maximum atomic E-state index is 12.0. The van der Waals surface area contributed by atoms with Crippen molar-refractivity contribution in [3.63, 3.8) is 0 Å². The Morgan fingerprint density at radius 2 is 2.16 bits per heavy atom. The number of carbonyl (C=O) groups excluding carboxylic acids is 1. The van der Waals surface area contributed by atoms with Crippen LogP contribution in [0.3, 0.4) is 0 Å². The van der Waals surface area contributed by atoms with Gasteiger partial charge in [0.1, 0.15) is 4.60 Å². The molecule has 1 amide bonds. The van der Waals surface area contributed by atoms with Gasteiger partial charge in [0.05, 0.1) is 11.1 Å². The molecular weight excluding hydrogens is 312 g/mol. The van der Waals surface area contributed by atoms with E-state index in [1.807, 2.05) is 0 Å². The molecule has 0 aliphatic carbocycles. The van der Waals surface area contributed by atoms with Crippen LogP contribution >= 0.6 is 15.9 Å². The van der Waals surface area contributed by atoms with Crippen molar-refractivity contribution in [2.45, 2.75) is 27.2 Å². The summed E-state index contributed by atoms with van der Waals surface area (Å²) in [6, 6.07) is 3.39. The minimum atomic E-state index is -1.08. The van der Waals surface area contributed by atoms with Gasteiger partial charge in [0.25, 0.3) is 0 Å². The lowest BCUT2D eigenvalue weighted by atomic mass is 9.76. The number of anilines is 1. The molecule has 0 fully saturated rings. The Morgan fingerprint density at radius 1 is 1.53 bits per heavy atom. The summed E-state index contributed by atoms with van der Waals surface area (Å²) in [5.74, 6) is -1.46. The first kappa shape index (κ1) is 15.6. The van der Waals surface area contributed by atoms with E-state index in [0.717, 1.165) is 0 Å². The van der Waals surface area contributed by atoms with Crippen LogP contribution in [0.15, 0.2) is 22.9 Å². The number of carboxylic acid groups (broad SMARTS) is 1. The first-order valence-electron chi connectivity index (χ1n) is 5.91. The summed E-state index contributed by atoms with van der Waals surface area (Å²) in [4.78, 5) is 27.3. The van der Waals surface area contributed by atoms with Crippen LogP contribution in [0.25, 0.3) is 0 Å². The van der Waals surface area contributed by atoms with E-state index in [9.17, 15) is 14.7 Å². The normalized spacial score (nSPS) is 13.9. The minimum absolute atomic E-state index is 0.0820. The summed E-state index contributed by atoms with van der Waals surface area (Å²) < 4.78 is 0.518. The molecule has 5 nitrogen and oxygen atoms in total. The fourth-order valence-corrected chi connectivity index (χ4v) is 1.88. The summed E-state index contributed by atoms with van der Waals surface area (Å²) >= 11 is 3.22. The first-order valence-corrected chi connectivity index (χ1v) is 6.70. The van der Waals surface area contributed by atoms with Crippen LogP contribution in [0.5, 0.6) is 0 Å². The molecule has 0 aliphatic heterocycles. The molecule has 2 N–H and O–H groups in total. The van der Waals surface area contributed by atoms with Gasteiger partial charge in [-0.15, -0.1) is 0 Å². The summed E-state index contributed by atoms with van der Waals surface area (Å²) in [7, 11) is 0. The molecule has 0 spiro atoms. The Balaban J connectivity index is 2.80. The zero-order valence-electron chi connectivity index (χ0n) is 11.1. The van der Waals surface area contributed by atoms with E-state index in [1.54, 1.807) is 39.1 Å². The van der Waals surface area contributed by atoms with Gasteiger partial charge < -0.3 is 10.4 Å². The zero-order chi connectivity index (χ0) is 14.6. The number of amides is 1. The van der Waals surface area contributed by atoms with Gasteiger partial charge in [-0.05, 0) is 40.9 Å². The van der Waals surface area contributed by atoms with E-state index in [4.69, 9.17) is 0 Å². The second-order valence-corrected chi connectivity index (χ2v) is 5.70. The minimum Gasteiger partial charge on any atom is -0.481 e. The number of rotatable bonds is 5. The molecule has 1 atom stereocenters. The Morgan fingerprint density at radius 3 is 2.63 bits per heavy atom. The van der Waals surface area contributed by atoms with Gasteiger partial charge in [-0.3, -0.25) is 9.59 Å². The number of carboxylic acids is 1. The smallest absolute Gasteiger partial charge is 0.310 e. The number of nitrogens with zero attached hydrogens (tertiary/aromatic N) is 1. The number of nitrogens with one attached hydrogen (secondary N) is 1. The van der Waals surface area contributed by atoms with Crippen molar-refractivity contribution in [1.29, 1.82) is 0 Å². The van der Waals surface area contributed by atoms with Crippen LogP contribution in [0.2, 0.25) is 0 Å². The van der Waals surface area contributed by atoms with E-state index in [2.05, 4.69) is 26.2 Å². The molecule has 6 heteroatoms. The Labute approximate surface area is 120 Å². The van der Waals surface area contributed by atoms with Crippen molar-refractivity contribution in [2.24, 2.45) is 11.3 Å². The monoisotopic (exact) mass is 328 g/mol. The van der Waals surface area contributed by atoms with Crippen molar-refractivity contribution in [3.8, 4) is 0 Å². The number of aromatic nitrogens is 1. The number of aliphatic carboxylic acids is 1. The molecule has 0 bridgehead atoms. The molecule has 0 aromatic carbocycles. The summed E-state index contributed by atoms with van der Waals surface area (Å²) in [5, 5.41) is 11.9. The summed E-state index contributed by atoms with van der Waals surface area (Å²) in [6.07, 6.45) is 1.51. The largest absolute Gasteiger partial charge is 0.481 e. The van der Waals surface area contributed by atoms with Crippen LogP contribution in [-0.4, -0.2) is 22.0 Å². The lowest BCUT2D eigenvalue weighted by Gasteiger charge is -2.28. The number of pyridine rings is 1. The van der Waals surface area contributed by atoms with Gasteiger partial charge in [-0.25, -0.2) is 4.98 Å². The molecular formula is C13H17BrN2O3. The summed E-state index contributed by atoms with van der Waals surface area (Å²) in [6.45, 7) is 5.17. The fraction of sp³-hybridized carbons (Fsp3) is 0.462. The molecule has 0 radical (unpaired) electrons. The summed E-state index contributed by atoms with van der Waals surface area (Å²) in [5.41, 5.74) is -0.553. The Kier molecular flexibility index (Phi) is 5.05. The van der Waals surface area contributed by atoms with Gasteiger partial charge in [-0.1, -0.05) is 13.8 Å². The second kappa shape index (κ2) is 6.14. The first-order chi connectivity index (χ1) is 8.77. The van der Waals surface area contributed by atoms with Crippen molar-refractivity contribution < 1.29 is 14.7 Å². The van der Waals surface area contributed by atoms with Gasteiger partial charge in [-0.2, -0.15) is 0 Å². The van der Waals surface area contributed by atoms with E-state index >= 15 is 0 Å². The van der Waals surface area contributed by atoms with Crippen molar-refractivity contribution in [1.82, 2.24) is 4.98 Å². The number of hydrogen-bond acceptors (Lipinski definition) is 3. The van der Waals surface area contributed by atoms with Crippen molar-refractivity contribution in [2.75, 3.05) is 5.32 Å². The Hall–Kier alpha value is -1.43. The SMILES string of the molecule is CC(C)C(C)(CC(=O)Nc1cccnc1Br)C(=O)O. The number of carbonyl (C=O) groups is 2. The van der Waals surface area contributed by atoms with Crippen molar-refractivity contribution >= 4 is 33.5 Å². The van der Waals surface area contributed by atoms with Crippen LogP contribution in [0.4, 0.5) is 5.69 Å². The maximum absolute atomic E-state index is 12.0. The highest BCUT2D eigenvalue weighted by atomic mass is 79.9. The highest BCUT2D eigenvalue weighted by Gasteiger charge is 2.38. The standard InChI is InChI=1S/C13H17BrN2O3/c1-8(2)13(3,12(18)19)7-10(17)16-9-5-4-6-15-11(9)14/h4-6,8H,7H2,1-3H3,(H,16,17)(H,18,19). The van der Waals surface area contributed by atoms with E-state index in [1.165, 1.54) is 0 Å². The fourth-order valence-electron chi connectivity index (χ4n) is 1.53. The quantitative estimate of drug-likeness (QED) is 0.814. The zero-order valence-corrected chi connectivity index (χ0v) is 12.7. The van der Waals surface area contributed by atoms with Crippen molar-refractivity contribution in [3.05, 3.63) is 22.9 Å². The molecule has 0 saturated heterocycles. The molecule has 1 rings (SSSR count). The van der Waals surface area contributed by atoms with E-state index in [-0.39, 0.29) is 18.2 Å². The third-order valence-corrected chi connectivity index (χ3v) is 3.96. The number of hydrogen-bond donors (Lipinski definition) is 2. The van der Waals surface area contributed by atoms with Gasteiger partial charge in [0.2, 0.25) is 5.91 Å². The molecule has 1 aromatic rings. The Bertz CT molecular complexity index is 491. The molecule has 19 heavy (non-hydrogen) atoms. The number of halogens is 1. The van der Waals surface area contributed by atoms with Crippen LogP contribution < -0.4 is 5.32 Å². The predicted molar refractivity (Wildman–Crippen MR) is 75.8 cm³/mol. The lowest BCUT2D eigenvalue weighted by Crippen LogP contribution is -2.37. The average Bonchev–Trinajstić information content (AvgIpc) is 2.31. The second-order valence-electron chi connectivity index (χ2n) is 4.94. The average molecular weight is 329 g/mol. The predicted octanol–water partition coefficient (Wildman–Crippen LogP) is 2.92. The highest BCUT2D eigenvalue weighted by Crippen LogP contribution is 2.32. The van der Waals surface area contributed by atoms with E-state index in [0.29, 0.717) is 10.3 Å². The van der Waals surface area contributed by atoms with Crippen LogP contribution in [0, 0.1) is 11.3 Å².